The highest BCUT2D eigenvalue weighted by Gasteiger charge is 2.52. The fourth-order valence-corrected chi connectivity index (χ4v) is 3.52. The maximum atomic E-state index is 12.7. The quantitative estimate of drug-likeness (QED) is 0.138. The topological polar surface area (TPSA) is 184 Å². The zero-order valence-corrected chi connectivity index (χ0v) is 18.3. The Hall–Kier alpha value is -4.00. The summed E-state index contributed by atoms with van der Waals surface area (Å²) in [4.78, 5) is 68.4. The molecule has 2 amide bonds. The summed E-state index contributed by atoms with van der Waals surface area (Å²) in [6.45, 7) is 2.80. The van der Waals surface area contributed by atoms with Crippen molar-refractivity contribution in [1.82, 2.24) is 5.06 Å². The van der Waals surface area contributed by atoms with E-state index in [0.29, 0.717) is 5.06 Å². The first-order valence-electron chi connectivity index (χ1n) is 9.96. The number of benzene rings is 1. The first-order chi connectivity index (χ1) is 16.1. The van der Waals surface area contributed by atoms with Gasteiger partial charge in [-0.25, -0.2) is 4.84 Å². The molecule has 34 heavy (non-hydrogen) atoms. The van der Waals surface area contributed by atoms with Crippen molar-refractivity contribution < 1.29 is 47.8 Å². The molecule has 0 spiro atoms. The average molecular weight is 476 g/mol. The largest absolute Gasteiger partial charge is 0.463 e. The molecular formula is C20H20N4O10. The van der Waals surface area contributed by atoms with E-state index < -0.39 is 67.0 Å². The number of ether oxygens (including phenoxy) is 4. The van der Waals surface area contributed by atoms with E-state index in [9.17, 15) is 24.0 Å². The summed E-state index contributed by atoms with van der Waals surface area (Å²) in [6.07, 6.45) is -5.79. The standard InChI is InChI=1S/C20H20N4O10/c1-9(25)30-8-14-16(31-10(2)26)17(32-11(3)27)15(22-23-21)20(33-14)34-24-18(28)12-6-4-5-7-13(12)19(24)29/h4-7,14-17,20H,8H2,1-3H3/t14-,15-,16+,17-,20-/m1/s1. The number of carbonyl (C=O) groups is 5. The van der Waals surface area contributed by atoms with Crippen LogP contribution >= 0.6 is 0 Å². The summed E-state index contributed by atoms with van der Waals surface area (Å²) in [5, 5.41) is 3.96. The molecule has 5 atom stereocenters. The minimum Gasteiger partial charge on any atom is -0.463 e. The van der Waals surface area contributed by atoms with Gasteiger partial charge in [0.15, 0.2) is 18.5 Å². The number of rotatable bonds is 7. The van der Waals surface area contributed by atoms with Crippen LogP contribution in [0.25, 0.3) is 10.4 Å². The van der Waals surface area contributed by atoms with Crippen molar-refractivity contribution in [2.24, 2.45) is 5.11 Å². The molecule has 2 aliphatic heterocycles. The third kappa shape index (κ3) is 5.14. The summed E-state index contributed by atoms with van der Waals surface area (Å²) in [6, 6.07) is 4.46. The van der Waals surface area contributed by atoms with Crippen molar-refractivity contribution in [2.75, 3.05) is 6.61 Å². The number of esters is 3. The van der Waals surface area contributed by atoms with E-state index >= 15 is 0 Å². The first kappa shape index (κ1) is 24.6. The Morgan fingerprint density at radius 2 is 1.56 bits per heavy atom. The van der Waals surface area contributed by atoms with Gasteiger partial charge in [-0.3, -0.25) is 24.0 Å². The van der Waals surface area contributed by atoms with E-state index in [4.69, 9.17) is 29.3 Å². The van der Waals surface area contributed by atoms with E-state index in [1.165, 1.54) is 12.1 Å². The Bertz CT molecular complexity index is 1030. The maximum absolute atomic E-state index is 12.7. The van der Waals surface area contributed by atoms with Crippen LogP contribution in [0.15, 0.2) is 29.4 Å². The Kier molecular flexibility index (Phi) is 7.46. The van der Waals surface area contributed by atoms with E-state index in [0.717, 1.165) is 20.8 Å². The molecule has 2 aliphatic rings. The number of amides is 2. The van der Waals surface area contributed by atoms with Crippen LogP contribution in [0.4, 0.5) is 0 Å². The zero-order chi connectivity index (χ0) is 25.0. The second-order valence-corrected chi connectivity index (χ2v) is 7.24. The Balaban J connectivity index is 1.97. The van der Waals surface area contributed by atoms with E-state index in [-0.39, 0.29) is 11.1 Å². The minimum absolute atomic E-state index is 0.0782. The van der Waals surface area contributed by atoms with E-state index in [1.54, 1.807) is 12.1 Å². The van der Waals surface area contributed by atoms with Gasteiger partial charge in [-0.15, -0.1) is 5.06 Å². The highest BCUT2D eigenvalue weighted by atomic mass is 16.8. The van der Waals surface area contributed by atoms with Crippen LogP contribution in [-0.2, 0) is 38.2 Å². The number of hydroxylamine groups is 2. The highest BCUT2D eigenvalue weighted by molar-refractivity contribution is 6.20. The molecule has 0 radical (unpaired) electrons. The molecule has 14 heteroatoms. The Morgan fingerprint density at radius 3 is 2.06 bits per heavy atom. The molecule has 1 aromatic carbocycles. The van der Waals surface area contributed by atoms with Gasteiger partial charge in [0, 0.05) is 25.7 Å². The van der Waals surface area contributed by atoms with Gasteiger partial charge < -0.3 is 18.9 Å². The average Bonchev–Trinajstić information content (AvgIpc) is 3.01. The number of hydrogen-bond donors (Lipinski definition) is 0. The van der Waals surface area contributed by atoms with Crippen LogP contribution in [0.2, 0.25) is 0 Å². The van der Waals surface area contributed by atoms with Crippen molar-refractivity contribution in [3.63, 3.8) is 0 Å². The molecule has 0 unspecified atom stereocenters. The van der Waals surface area contributed by atoms with Gasteiger partial charge >= 0.3 is 17.9 Å². The van der Waals surface area contributed by atoms with Gasteiger partial charge in [0.2, 0.25) is 0 Å². The summed E-state index contributed by atoms with van der Waals surface area (Å²) < 4.78 is 21.1. The lowest BCUT2D eigenvalue weighted by molar-refractivity contribution is -0.312. The van der Waals surface area contributed by atoms with Gasteiger partial charge in [0.1, 0.15) is 18.8 Å². The lowest BCUT2D eigenvalue weighted by atomic mass is 9.97. The fraction of sp³-hybridized carbons (Fsp3) is 0.450. The molecule has 0 N–H and O–H groups in total. The molecule has 1 aromatic rings. The smallest absolute Gasteiger partial charge is 0.303 e. The molecule has 14 nitrogen and oxygen atoms in total. The molecular weight excluding hydrogens is 456 g/mol. The Morgan fingerprint density at radius 1 is 1.00 bits per heavy atom. The van der Waals surface area contributed by atoms with Crippen LogP contribution in [0, 0.1) is 0 Å². The van der Waals surface area contributed by atoms with Crippen molar-refractivity contribution in [2.45, 2.75) is 51.4 Å². The molecule has 180 valence electrons. The molecule has 2 heterocycles. The second kappa shape index (κ2) is 10.3. The third-order valence-corrected chi connectivity index (χ3v) is 4.82. The second-order valence-electron chi connectivity index (χ2n) is 7.24. The summed E-state index contributed by atoms with van der Waals surface area (Å²) in [5.74, 6) is -3.91. The van der Waals surface area contributed by atoms with Crippen molar-refractivity contribution >= 4 is 29.7 Å². The van der Waals surface area contributed by atoms with Gasteiger partial charge in [-0.05, 0) is 17.7 Å². The van der Waals surface area contributed by atoms with Gasteiger partial charge in [0.25, 0.3) is 11.8 Å². The highest BCUT2D eigenvalue weighted by Crippen LogP contribution is 2.32. The maximum Gasteiger partial charge on any atom is 0.303 e. The predicted molar refractivity (Wildman–Crippen MR) is 107 cm³/mol. The normalized spacial score (nSPS) is 25.7. The van der Waals surface area contributed by atoms with Crippen molar-refractivity contribution in [1.29, 1.82) is 0 Å². The first-order valence-corrected chi connectivity index (χ1v) is 9.96. The number of nitrogens with zero attached hydrogens (tertiary/aromatic N) is 4. The van der Waals surface area contributed by atoms with Crippen LogP contribution in [0.5, 0.6) is 0 Å². The molecule has 0 bridgehead atoms. The van der Waals surface area contributed by atoms with E-state index in [1.807, 2.05) is 0 Å². The number of carbonyl (C=O) groups excluding carboxylic acids is 5. The van der Waals surface area contributed by atoms with Crippen LogP contribution in [0.3, 0.4) is 0 Å². The molecule has 3 rings (SSSR count). The van der Waals surface area contributed by atoms with Crippen molar-refractivity contribution in [3.8, 4) is 0 Å². The summed E-state index contributed by atoms with van der Waals surface area (Å²) in [7, 11) is 0. The monoisotopic (exact) mass is 476 g/mol. The van der Waals surface area contributed by atoms with Crippen LogP contribution in [0.1, 0.15) is 41.5 Å². The number of imide groups is 1. The van der Waals surface area contributed by atoms with Gasteiger partial charge in [-0.1, -0.05) is 17.2 Å². The van der Waals surface area contributed by atoms with Gasteiger partial charge in [0.05, 0.1) is 11.1 Å². The zero-order valence-electron chi connectivity index (χ0n) is 18.3. The molecule has 1 fully saturated rings. The predicted octanol–water partition coefficient (Wildman–Crippen LogP) is 1.04. The summed E-state index contributed by atoms with van der Waals surface area (Å²) in [5.41, 5.74) is 9.24. The lowest BCUT2D eigenvalue weighted by Gasteiger charge is -2.43. The van der Waals surface area contributed by atoms with Crippen LogP contribution < -0.4 is 0 Å². The molecule has 0 aromatic heterocycles. The van der Waals surface area contributed by atoms with Crippen molar-refractivity contribution in [3.05, 3.63) is 45.8 Å². The fourth-order valence-electron chi connectivity index (χ4n) is 3.52. The number of fused-ring (bicyclic) bond motifs is 1. The van der Waals surface area contributed by atoms with Crippen LogP contribution in [-0.4, -0.2) is 72.0 Å². The number of hydrogen-bond acceptors (Lipinski definition) is 11. The van der Waals surface area contributed by atoms with E-state index in [2.05, 4.69) is 10.0 Å². The SMILES string of the molecule is CC(=O)OC[C@H]1O[C@H](ON2C(=O)c3ccccc3C2=O)[C@H](N=[N+]=[N-])[C@@H](OC(C)=O)[C@H]1OC(C)=O. The Labute approximate surface area is 192 Å². The molecule has 0 aliphatic carbocycles. The molecule has 1 saturated heterocycles. The number of azide groups is 1. The lowest BCUT2D eigenvalue weighted by Crippen LogP contribution is -2.62. The third-order valence-electron chi connectivity index (χ3n) is 4.82. The minimum atomic E-state index is -1.67. The summed E-state index contributed by atoms with van der Waals surface area (Å²) >= 11 is 0. The molecule has 0 saturated carbocycles. The van der Waals surface area contributed by atoms with Gasteiger partial charge in [-0.2, -0.15) is 0 Å².